The largest absolute Gasteiger partial charge is 0.360 e. The summed E-state index contributed by atoms with van der Waals surface area (Å²) in [6, 6.07) is 7.04. The molecular formula is C10H6N2OS. The zero-order chi connectivity index (χ0) is 10.1. The Morgan fingerprint density at radius 3 is 2.93 bits per heavy atom. The highest BCUT2D eigenvalue weighted by Gasteiger charge is 2.03. The summed E-state index contributed by atoms with van der Waals surface area (Å²) in [7, 11) is 0. The number of aromatic nitrogens is 1. The van der Waals surface area contributed by atoms with Crippen molar-refractivity contribution in [1.29, 1.82) is 5.26 Å². The van der Waals surface area contributed by atoms with Gasteiger partial charge in [0.25, 0.3) is 0 Å². The Morgan fingerprint density at radius 1 is 1.43 bits per heavy atom. The van der Waals surface area contributed by atoms with Crippen LogP contribution < -0.4 is 5.43 Å². The molecule has 2 rings (SSSR count). The van der Waals surface area contributed by atoms with E-state index in [-0.39, 0.29) is 11.0 Å². The molecule has 0 saturated heterocycles. The predicted molar refractivity (Wildman–Crippen MR) is 56.5 cm³/mol. The molecule has 0 aliphatic heterocycles. The Balaban J connectivity index is 2.96. The van der Waals surface area contributed by atoms with Gasteiger partial charge in [-0.05, 0) is 18.2 Å². The molecule has 14 heavy (non-hydrogen) atoms. The van der Waals surface area contributed by atoms with Crippen LogP contribution in [0.3, 0.4) is 0 Å². The Morgan fingerprint density at radius 2 is 2.21 bits per heavy atom. The fourth-order valence-electron chi connectivity index (χ4n) is 1.29. The minimum absolute atomic E-state index is 0.122. The number of thiol groups is 1. The molecule has 4 heteroatoms. The second-order valence-corrected chi connectivity index (χ2v) is 3.39. The number of aromatic amines is 1. The van der Waals surface area contributed by atoms with Crippen molar-refractivity contribution >= 4 is 23.5 Å². The van der Waals surface area contributed by atoms with Gasteiger partial charge in [-0.3, -0.25) is 4.79 Å². The van der Waals surface area contributed by atoms with E-state index in [0.29, 0.717) is 15.8 Å². The number of pyridine rings is 1. The molecule has 0 aliphatic rings. The fraction of sp³-hybridized carbons (Fsp3) is 0. The summed E-state index contributed by atoms with van der Waals surface area (Å²) in [6.07, 6.45) is 1.42. The van der Waals surface area contributed by atoms with Gasteiger partial charge in [-0.2, -0.15) is 5.26 Å². The van der Waals surface area contributed by atoms with Crippen molar-refractivity contribution in [3.63, 3.8) is 0 Å². The van der Waals surface area contributed by atoms with Gasteiger partial charge in [-0.15, -0.1) is 12.6 Å². The molecule has 1 aromatic carbocycles. The number of nitrogens with one attached hydrogen (secondary N) is 1. The molecular weight excluding hydrogens is 196 g/mol. The van der Waals surface area contributed by atoms with Gasteiger partial charge in [0.05, 0.1) is 0 Å². The van der Waals surface area contributed by atoms with Crippen LogP contribution in [-0.4, -0.2) is 4.98 Å². The molecule has 3 nitrogen and oxygen atoms in total. The first-order valence-corrected chi connectivity index (χ1v) is 4.41. The quantitative estimate of drug-likeness (QED) is 0.639. The van der Waals surface area contributed by atoms with Crippen molar-refractivity contribution in [2.24, 2.45) is 0 Å². The summed E-state index contributed by atoms with van der Waals surface area (Å²) in [6.45, 7) is 0. The lowest BCUT2D eigenvalue weighted by Crippen LogP contribution is -2.06. The van der Waals surface area contributed by atoms with E-state index in [2.05, 4.69) is 17.6 Å². The van der Waals surface area contributed by atoms with Crippen LogP contribution in [0.1, 0.15) is 5.56 Å². The van der Waals surface area contributed by atoms with Gasteiger partial charge in [0.1, 0.15) is 11.6 Å². The first-order chi connectivity index (χ1) is 6.72. The van der Waals surface area contributed by atoms with E-state index in [1.807, 2.05) is 6.07 Å². The fourth-order valence-corrected chi connectivity index (χ4v) is 1.49. The van der Waals surface area contributed by atoms with Crippen molar-refractivity contribution in [3.8, 4) is 6.07 Å². The Hall–Kier alpha value is -1.73. The van der Waals surface area contributed by atoms with E-state index in [9.17, 15) is 4.79 Å². The molecule has 0 amide bonds. The summed E-state index contributed by atoms with van der Waals surface area (Å²) in [5.41, 5.74) is 0.584. The standard InChI is InChI=1S/C10H6N2OS/c11-4-6-5-12-9-2-1-7(14)3-8(9)10(6)13/h1-3,5,14H,(H,12,13). The number of benzene rings is 1. The van der Waals surface area contributed by atoms with Crippen LogP contribution in [0.2, 0.25) is 0 Å². The van der Waals surface area contributed by atoms with Crippen molar-refractivity contribution in [1.82, 2.24) is 4.98 Å². The number of nitrogens with zero attached hydrogens (tertiary/aromatic N) is 1. The molecule has 0 spiro atoms. The van der Waals surface area contributed by atoms with Crippen molar-refractivity contribution in [3.05, 3.63) is 40.2 Å². The van der Waals surface area contributed by atoms with Gasteiger partial charge in [-0.25, -0.2) is 0 Å². The van der Waals surface area contributed by atoms with Crippen LogP contribution in [0.25, 0.3) is 10.9 Å². The molecule has 1 N–H and O–H groups in total. The zero-order valence-corrected chi connectivity index (χ0v) is 8.01. The van der Waals surface area contributed by atoms with E-state index in [1.54, 1.807) is 18.2 Å². The topological polar surface area (TPSA) is 56.6 Å². The normalized spacial score (nSPS) is 10.0. The van der Waals surface area contributed by atoms with E-state index in [4.69, 9.17) is 5.26 Å². The van der Waals surface area contributed by atoms with Gasteiger partial charge in [0, 0.05) is 22.0 Å². The Labute approximate surface area is 85.4 Å². The van der Waals surface area contributed by atoms with E-state index < -0.39 is 0 Å². The second kappa shape index (κ2) is 3.20. The van der Waals surface area contributed by atoms with E-state index in [0.717, 1.165) is 0 Å². The molecule has 0 fully saturated rings. The maximum Gasteiger partial charge on any atom is 0.207 e. The number of H-pyrrole nitrogens is 1. The highest BCUT2D eigenvalue weighted by molar-refractivity contribution is 7.80. The summed E-state index contributed by atoms with van der Waals surface area (Å²) >= 11 is 4.14. The smallest absolute Gasteiger partial charge is 0.207 e. The summed E-state index contributed by atoms with van der Waals surface area (Å²) in [5.74, 6) is 0. The lowest BCUT2D eigenvalue weighted by Gasteiger charge is -1.98. The third-order valence-corrected chi connectivity index (χ3v) is 2.26. The first kappa shape index (κ1) is 8.85. The minimum atomic E-state index is -0.253. The maximum absolute atomic E-state index is 11.6. The first-order valence-electron chi connectivity index (χ1n) is 3.97. The van der Waals surface area contributed by atoms with Crippen molar-refractivity contribution in [2.45, 2.75) is 4.90 Å². The lowest BCUT2D eigenvalue weighted by molar-refractivity contribution is 1.33. The number of fused-ring (bicyclic) bond motifs is 1. The van der Waals surface area contributed by atoms with Gasteiger partial charge >= 0.3 is 0 Å². The molecule has 68 valence electrons. The molecule has 1 heterocycles. The van der Waals surface area contributed by atoms with Crippen LogP contribution in [0.15, 0.2) is 34.1 Å². The average Bonchev–Trinajstić information content (AvgIpc) is 2.20. The number of nitriles is 1. The highest BCUT2D eigenvalue weighted by atomic mass is 32.1. The molecule has 2 aromatic rings. The lowest BCUT2D eigenvalue weighted by atomic mass is 10.1. The monoisotopic (exact) mass is 202 g/mol. The molecule has 0 unspecified atom stereocenters. The average molecular weight is 202 g/mol. The third-order valence-electron chi connectivity index (χ3n) is 1.98. The SMILES string of the molecule is N#Cc1c[nH]c2ccc(S)cc2c1=O. The van der Waals surface area contributed by atoms with Gasteiger partial charge in [0.2, 0.25) is 5.43 Å². The number of hydrogen-bond donors (Lipinski definition) is 2. The summed E-state index contributed by atoms with van der Waals surface area (Å²) in [5, 5.41) is 9.15. The van der Waals surface area contributed by atoms with Gasteiger partial charge in [0.15, 0.2) is 0 Å². The number of rotatable bonds is 0. The van der Waals surface area contributed by atoms with Crippen LogP contribution in [0.4, 0.5) is 0 Å². The summed E-state index contributed by atoms with van der Waals surface area (Å²) < 4.78 is 0. The van der Waals surface area contributed by atoms with Crippen LogP contribution in [0, 0.1) is 11.3 Å². The zero-order valence-electron chi connectivity index (χ0n) is 7.11. The Bertz CT molecular complexity index is 595. The van der Waals surface area contributed by atoms with Crippen molar-refractivity contribution < 1.29 is 0 Å². The molecule has 0 radical (unpaired) electrons. The molecule has 0 atom stereocenters. The van der Waals surface area contributed by atoms with Crippen LogP contribution in [0.5, 0.6) is 0 Å². The Kier molecular flexibility index (Phi) is 2.02. The minimum Gasteiger partial charge on any atom is -0.360 e. The van der Waals surface area contributed by atoms with E-state index in [1.165, 1.54) is 6.20 Å². The highest BCUT2D eigenvalue weighted by Crippen LogP contribution is 2.13. The second-order valence-electron chi connectivity index (χ2n) is 2.87. The number of hydrogen-bond acceptors (Lipinski definition) is 3. The predicted octanol–water partition coefficient (Wildman–Crippen LogP) is 1.69. The molecule has 1 aromatic heterocycles. The van der Waals surface area contributed by atoms with E-state index >= 15 is 0 Å². The van der Waals surface area contributed by atoms with Crippen LogP contribution >= 0.6 is 12.6 Å². The molecule has 0 bridgehead atoms. The maximum atomic E-state index is 11.6. The third kappa shape index (κ3) is 1.28. The van der Waals surface area contributed by atoms with Gasteiger partial charge < -0.3 is 4.98 Å². The molecule has 0 aliphatic carbocycles. The molecule has 0 saturated carbocycles. The van der Waals surface area contributed by atoms with Crippen molar-refractivity contribution in [2.75, 3.05) is 0 Å². The van der Waals surface area contributed by atoms with Gasteiger partial charge in [-0.1, -0.05) is 0 Å². The summed E-state index contributed by atoms with van der Waals surface area (Å²) in [4.78, 5) is 15.2. The van der Waals surface area contributed by atoms with Crippen LogP contribution in [-0.2, 0) is 0 Å².